The Balaban J connectivity index is 1.99. The first-order valence-corrected chi connectivity index (χ1v) is 11.1. The van der Waals surface area contributed by atoms with Gasteiger partial charge in [-0.05, 0) is 37.0 Å². The quantitative estimate of drug-likeness (QED) is 0.259. The molecule has 0 aliphatic rings. The molecule has 144 valence electrons. The maximum Gasteiger partial charge on any atom is 0.119 e. The van der Waals surface area contributed by atoms with Gasteiger partial charge in [0.2, 0.25) is 0 Å². The van der Waals surface area contributed by atoms with Crippen molar-refractivity contribution in [3.8, 4) is 5.75 Å². The second-order valence-corrected chi connectivity index (χ2v) is 7.49. The Bertz CT molecular complexity index is 399. The lowest BCUT2D eigenvalue weighted by Gasteiger charge is -2.08. The molecule has 0 saturated heterocycles. The Morgan fingerprint density at radius 2 is 1.20 bits per heavy atom. The van der Waals surface area contributed by atoms with Gasteiger partial charge < -0.3 is 4.74 Å². The summed E-state index contributed by atoms with van der Waals surface area (Å²) in [5.74, 6) is 1.06. The van der Waals surface area contributed by atoms with E-state index in [0.29, 0.717) is 0 Å². The minimum atomic E-state index is 0.871. The van der Waals surface area contributed by atoms with E-state index in [4.69, 9.17) is 4.74 Å². The minimum absolute atomic E-state index is 0.871. The molecule has 25 heavy (non-hydrogen) atoms. The Morgan fingerprint density at radius 1 is 0.640 bits per heavy atom. The van der Waals surface area contributed by atoms with Gasteiger partial charge in [0.05, 0.1) is 6.61 Å². The molecule has 0 heterocycles. The van der Waals surface area contributed by atoms with Crippen molar-refractivity contribution < 1.29 is 4.74 Å². The first-order chi connectivity index (χ1) is 12.4. The molecule has 0 N–H and O–H groups in total. The molecule has 1 rings (SSSR count). The third-order valence-corrected chi connectivity index (χ3v) is 4.98. The van der Waals surface area contributed by atoms with Crippen LogP contribution in [0.2, 0.25) is 0 Å². The molecular formula is C24H42O. The summed E-state index contributed by atoms with van der Waals surface area (Å²) in [5.41, 5.74) is 1.43. The molecule has 0 amide bonds. The molecule has 1 aromatic carbocycles. The molecule has 0 aliphatic heterocycles. The van der Waals surface area contributed by atoms with Gasteiger partial charge in [-0.15, -0.1) is 0 Å². The topological polar surface area (TPSA) is 9.23 Å². The van der Waals surface area contributed by atoms with Crippen molar-refractivity contribution in [1.82, 2.24) is 0 Å². The van der Waals surface area contributed by atoms with Gasteiger partial charge in [0.1, 0.15) is 5.75 Å². The van der Waals surface area contributed by atoms with Crippen molar-refractivity contribution in [2.24, 2.45) is 0 Å². The van der Waals surface area contributed by atoms with E-state index in [1.807, 2.05) is 0 Å². The third kappa shape index (κ3) is 13.0. The van der Waals surface area contributed by atoms with Crippen LogP contribution in [0, 0.1) is 0 Å². The number of unbranched alkanes of at least 4 members (excludes halogenated alkanes) is 12. The van der Waals surface area contributed by atoms with Crippen LogP contribution < -0.4 is 4.74 Å². The molecule has 0 unspecified atom stereocenters. The molecule has 0 atom stereocenters. The number of ether oxygens (including phenoxy) is 1. The first-order valence-electron chi connectivity index (χ1n) is 11.1. The number of rotatable bonds is 17. The average Bonchev–Trinajstić information content (AvgIpc) is 2.64. The third-order valence-electron chi connectivity index (χ3n) is 4.98. The average molecular weight is 347 g/mol. The molecule has 0 bridgehead atoms. The lowest BCUT2D eigenvalue weighted by atomic mass is 10.1. The monoisotopic (exact) mass is 346 g/mol. The second-order valence-electron chi connectivity index (χ2n) is 7.49. The number of benzene rings is 1. The largest absolute Gasteiger partial charge is 0.494 e. The van der Waals surface area contributed by atoms with Crippen molar-refractivity contribution in [2.45, 2.75) is 110 Å². The van der Waals surface area contributed by atoms with Crippen LogP contribution >= 0.6 is 0 Å². The molecule has 0 saturated carbocycles. The Hall–Kier alpha value is -0.980. The van der Waals surface area contributed by atoms with E-state index < -0.39 is 0 Å². The van der Waals surface area contributed by atoms with Gasteiger partial charge in [-0.25, -0.2) is 0 Å². The summed E-state index contributed by atoms with van der Waals surface area (Å²) in [7, 11) is 0. The predicted molar refractivity (Wildman–Crippen MR) is 112 cm³/mol. The highest BCUT2D eigenvalue weighted by Gasteiger charge is 1.98. The van der Waals surface area contributed by atoms with Crippen LogP contribution in [0.3, 0.4) is 0 Å². The molecule has 1 nitrogen and oxygen atoms in total. The van der Waals surface area contributed by atoms with Crippen molar-refractivity contribution in [3.63, 3.8) is 0 Å². The zero-order valence-corrected chi connectivity index (χ0v) is 17.0. The van der Waals surface area contributed by atoms with Crippen LogP contribution in [0.4, 0.5) is 0 Å². The highest BCUT2D eigenvalue weighted by molar-refractivity contribution is 5.28. The molecule has 0 aliphatic carbocycles. The van der Waals surface area contributed by atoms with E-state index in [9.17, 15) is 0 Å². The SMILES string of the molecule is CCCCCCCCCCCCOc1cccc(CCCCCC)c1. The zero-order valence-electron chi connectivity index (χ0n) is 17.0. The minimum Gasteiger partial charge on any atom is -0.494 e. The number of aryl methyl sites for hydroxylation is 1. The number of hydrogen-bond donors (Lipinski definition) is 0. The molecule has 0 aromatic heterocycles. The summed E-state index contributed by atoms with van der Waals surface area (Å²) < 4.78 is 5.95. The van der Waals surface area contributed by atoms with Gasteiger partial charge in [0, 0.05) is 0 Å². The summed E-state index contributed by atoms with van der Waals surface area (Å²) in [6, 6.07) is 8.72. The number of hydrogen-bond acceptors (Lipinski definition) is 1. The van der Waals surface area contributed by atoms with Crippen molar-refractivity contribution in [2.75, 3.05) is 6.61 Å². The molecular weight excluding hydrogens is 304 g/mol. The Morgan fingerprint density at radius 3 is 1.84 bits per heavy atom. The fourth-order valence-electron chi connectivity index (χ4n) is 3.33. The molecule has 0 fully saturated rings. The second kappa shape index (κ2) is 16.5. The molecule has 1 aromatic rings. The van der Waals surface area contributed by atoms with Crippen molar-refractivity contribution >= 4 is 0 Å². The van der Waals surface area contributed by atoms with E-state index in [1.54, 1.807) is 0 Å². The van der Waals surface area contributed by atoms with E-state index in [1.165, 1.54) is 102 Å². The highest BCUT2D eigenvalue weighted by Crippen LogP contribution is 2.17. The van der Waals surface area contributed by atoms with Crippen LogP contribution in [0.5, 0.6) is 5.75 Å². The Labute approximate surface area is 157 Å². The van der Waals surface area contributed by atoms with Gasteiger partial charge >= 0.3 is 0 Å². The van der Waals surface area contributed by atoms with Gasteiger partial charge in [-0.3, -0.25) is 0 Å². The van der Waals surface area contributed by atoms with Crippen molar-refractivity contribution in [3.05, 3.63) is 29.8 Å². The summed E-state index contributed by atoms with van der Waals surface area (Å²) in [6.45, 7) is 5.42. The van der Waals surface area contributed by atoms with Crippen LogP contribution in [-0.4, -0.2) is 6.61 Å². The summed E-state index contributed by atoms with van der Waals surface area (Å²) in [5, 5.41) is 0. The lowest BCUT2D eigenvalue weighted by Crippen LogP contribution is -1.98. The smallest absolute Gasteiger partial charge is 0.119 e. The molecule has 0 spiro atoms. The maximum absolute atomic E-state index is 5.95. The summed E-state index contributed by atoms with van der Waals surface area (Å²) in [6.07, 6.45) is 20.3. The van der Waals surface area contributed by atoms with E-state index in [2.05, 4.69) is 38.1 Å². The summed E-state index contributed by atoms with van der Waals surface area (Å²) in [4.78, 5) is 0. The van der Waals surface area contributed by atoms with E-state index in [0.717, 1.165) is 12.4 Å². The molecule has 1 heteroatoms. The normalized spacial score (nSPS) is 11.0. The van der Waals surface area contributed by atoms with E-state index in [-0.39, 0.29) is 0 Å². The van der Waals surface area contributed by atoms with Crippen molar-refractivity contribution in [1.29, 1.82) is 0 Å². The summed E-state index contributed by atoms with van der Waals surface area (Å²) >= 11 is 0. The van der Waals surface area contributed by atoms with Gasteiger partial charge in [0.25, 0.3) is 0 Å². The predicted octanol–water partition coefficient (Wildman–Crippen LogP) is 8.11. The van der Waals surface area contributed by atoms with Gasteiger partial charge in [-0.2, -0.15) is 0 Å². The van der Waals surface area contributed by atoms with E-state index >= 15 is 0 Å². The molecule has 0 radical (unpaired) electrons. The zero-order chi connectivity index (χ0) is 18.0. The highest BCUT2D eigenvalue weighted by atomic mass is 16.5. The first kappa shape index (κ1) is 22.1. The fraction of sp³-hybridized carbons (Fsp3) is 0.750. The standard InChI is InChI=1S/C24H42O/c1-3-5-7-9-10-11-12-13-14-16-21-25-24-20-17-19-23(22-24)18-15-8-6-4-2/h17,19-20,22H,3-16,18,21H2,1-2H3. The van der Waals surface area contributed by atoms with Crippen LogP contribution in [0.1, 0.15) is 109 Å². The van der Waals surface area contributed by atoms with Crippen LogP contribution in [0.15, 0.2) is 24.3 Å². The van der Waals surface area contributed by atoms with Gasteiger partial charge in [-0.1, -0.05) is 103 Å². The van der Waals surface area contributed by atoms with Crippen LogP contribution in [0.25, 0.3) is 0 Å². The van der Waals surface area contributed by atoms with Gasteiger partial charge in [0.15, 0.2) is 0 Å². The Kier molecular flexibility index (Phi) is 14.5. The van der Waals surface area contributed by atoms with Crippen LogP contribution in [-0.2, 0) is 6.42 Å². The fourth-order valence-corrected chi connectivity index (χ4v) is 3.33. The lowest BCUT2D eigenvalue weighted by molar-refractivity contribution is 0.304. The maximum atomic E-state index is 5.95.